The molecule has 0 radical (unpaired) electrons. The lowest BCUT2D eigenvalue weighted by molar-refractivity contribution is 0.102. The van der Waals surface area contributed by atoms with E-state index in [0.29, 0.717) is 11.4 Å². The molecule has 86 valence electrons. The van der Waals surface area contributed by atoms with E-state index >= 15 is 0 Å². The van der Waals surface area contributed by atoms with Crippen molar-refractivity contribution in [2.24, 2.45) is 0 Å². The normalized spacial score (nSPS) is 10.0. The Balaban J connectivity index is 2.17. The number of nitrogens with zero attached hydrogens (tertiary/aromatic N) is 2. The Labute approximate surface area is 107 Å². The van der Waals surface area contributed by atoms with E-state index in [4.69, 9.17) is 0 Å². The summed E-state index contributed by atoms with van der Waals surface area (Å²) in [6.07, 6.45) is 3.27. The van der Waals surface area contributed by atoms with Crippen LogP contribution >= 0.6 is 15.9 Å². The number of pyridine rings is 2. The maximum atomic E-state index is 11.9. The summed E-state index contributed by atoms with van der Waals surface area (Å²) in [4.78, 5) is 20.0. The molecule has 2 rings (SSSR count). The summed E-state index contributed by atoms with van der Waals surface area (Å²) in [5.41, 5.74) is 1.84. The van der Waals surface area contributed by atoms with Crippen LogP contribution in [0.1, 0.15) is 16.2 Å². The highest BCUT2D eigenvalue weighted by atomic mass is 79.9. The minimum absolute atomic E-state index is 0.242. The number of aromatic nitrogens is 2. The van der Waals surface area contributed by atoms with Gasteiger partial charge >= 0.3 is 0 Å². The molecule has 0 bridgehead atoms. The predicted octanol–water partition coefficient (Wildman–Crippen LogP) is 2.80. The average molecular weight is 292 g/mol. The summed E-state index contributed by atoms with van der Waals surface area (Å²) < 4.78 is 0.839. The largest absolute Gasteiger partial charge is 0.319 e. The Morgan fingerprint density at radius 3 is 2.76 bits per heavy atom. The molecule has 0 saturated heterocycles. The first-order valence-electron chi connectivity index (χ1n) is 5.01. The highest BCUT2D eigenvalue weighted by Gasteiger charge is 2.08. The highest BCUT2D eigenvalue weighted by molar-refractivity contribution is 9.10. The van der Waals surface area contributed by atoms with E-state index in [1.165, 1.54) is 0 Å². The molecule has 0 saturated carbocycles. The Kier molecular flexibility index (Phi) is 3.49. The van der Waals surface area contributed by atoms with Crippen molar-refractivity contribution >= 4 is 27.5 Å². The number of nitrogens with one attached hydrogen (secondary N) is 1. The summed E-state index contributed by atoms with van der Waals surface area (Å²) in [7, 11) is 0. The van der Waals surface area contributed by atoms with Crippen LogP contribution in [0.2, 0.25) is 0 Å². The number of carbonyl (C=O) groups is 1. The van der Waals surface area contributed by atoms with Crippen LogP contribution in [0.25, 0.3) is 0 Å². The lowest BCUT2D eigenvalue weighted by Crippen LogP contribution is -2.14. The van der Waals surface area contributed by atoms with Crippen molar-refractivity contribution in [3.05, 3.63) is 52.5 Å². The van der Waals surface area contributed by atoms with Crippen molar-refractivity contribution in [2.45, 2.75) is 6.92 Å². The van der Waals surface area contributed by atoms with Gasteiger partial charge in [-0.05, 0) is 47.1 Å². The first-order chi connectivity index (χ1) is 8.16. The molecule has 0 aromatic carbocycles. The molecular weight excluding hydrogens is 282 g/mol. The third-order valence-electron chi connectivity index (χ3n) is 2.22. The second kappa shape index (κ2) is 5.05. The van der Waals surface area contributed by atoms with Gasteiger partial charge in [0.2, 0.25) is 0 Å². The highest BCUT2D eigenvalue weighted by Crippen LogP contribution is 2.12. The first kappa shape index (κ1) is 11.7. The number of halogens is 1. The molecule has 2 aromatic rings. The van der Waals surface area contributed by atoms with Crippen LogP contribution in [0, 0.1) is 6.92 Å². The fourth-order valence-corrected chi connectivity index (χ4v) is 1.55. The van der Waals surface area contributed by atoms with Gasteiger partial charge in [0.05, 0.1) is 11.4 Å². The van der Waals surface area contributed by atoms with Crippen molar-refractivity contribution < 1.29 is 4.79 Å². The quantitative estimate of drug-likeness (QED) is 0.926. The van der Waals surface area contributed by atoms with Gasteiger partial charge in [-0.25, -0.2) is 4.98 Å². The maximum absolute atomic E-state index is 11.9. The Morgan fingerprint density at radius 2 is 2.12 bits per heavy atom. The van der Waals surface area contributed by atoms with Crippen LogP contribution in [-0.2, 0) is 0 Å². The number of aryl methyl sites for hydroxylation is 1. The maximum Gasteiger partial charge on any atom is 0.274 e. The molecule has 0 aliphatic carbocycles. The van der Waals surface area contributed by atoms with Gasteiger partial charge in [0, 0.05) is 16.9 Å². The number of hydrogen-bond donors (Lipinski definition) is 1. The van der Waals surface area contributed by atoms with Crippen molar-refractivity contribution in [3.8, 4) is 0 Å². The molecule has 0 spiro atoms. The number of amides is 1. The van der Waals surface area contributed by atoms with Gasteiger partial charge in [-0.15, -0.1) is 0 Å². The number of anilines is 1. The molecule has 0 aliphatic heterocycles. The summed E-state index contributed by atoms with van der Waals surface area (Å²) in [6.45, 7) is 1.84. The third-order valence-corrected chi connectivity index (χ3v) is 2.68. The predicted molar refractivity (Wildman–Crippen MR) is 68.9 cm³/mol. The van der Waals surface area contributed by atoms with Gasteiger partial charge in [-0.2, -0.15) is 0 Å². The second-order valence-electron chi connectivity index (χ2n) is 3.45. The minimum Gasteiger partial charge on any atom is -0.319 e. The zero-order valence-corrected chi connectivity index (χ0v) is 10.7. The molecule has 1 N–H and O–H groups in total. The van der Waals surface area contributed by atoms with E-state index in [-0.39, 0.29) is 5.91 Å². The monoisotopic (exact) mass is 291 g/mol. The second-order valence-corrected chi connectivity index (χ2v) is 4.37. The third kappa shape index (κ3) is 2.88. The lowest BCUT2D eigenvalue weighted by atomic mass is 10.3. The number of carbonyl (C=O) groups excluding carboxylic acids is 1. The Bertz CT molecular complexity index is 540. The minimum atomic E-state index is -0.242. The SMILES string of the molecule is Cc1ncccc1NC(=O)c1ccc(Br)cn1. The summed E-state index contributed by atoms with van der Waals surface area (Å²) >= 11 is 3.27. The van der Waals surface area contributed by atoms with Gasteiger partial charge < -0.3 is 5.32 Å². The van der Waals surface area contributed by atoms with Crippen LogP contribution < -0.4 is 5.32 Å². The fourth-order valence-electron chi connectivity index (χ4n) is 1.31. The average Bonchev–Trinajstić information content (AvgIpc) is 2.33. The summed E-state index contributed by atoms with van der Waals surface area (Å²) in [6, 6.07) is 7.01. The van der Waals surface area contributed by atoms with Gasteiger partial charge in [0.15, 0.2) is 0 Å². The zero-order chi connectivity index (χ0) is 12.3. The molecular formula is C12H10BrN3O. The molecule has 1 amide bonds. The van der Waals surface area contributed by atoms with Crippen molar-refractivity contribution in [1.82, 2.24) is 9.97 Å². The van der Waals surface area contributed by atoms with Gasteiger partial charge in [0.25, 0.3) is 5.91 Å². The molecule has 0 atom stereocenters. The van der Waals surface area contributed by atoms with Crippen LogP contribution in [0.3, 0.4) is 0 Å². The van der Waals surface area contributed by atoms with E-state index in [1.54, 1.807) is 36.7 Å². The zero-order valence-electron chi connectivity index (χ0n) is 9.14. The standard InChI is InChI=1S/C12H10BrN3O/c1-8-10(3-2-6-14-8)16-12(17)11-5-4-9(13)7-15-11/h2-7H,1H3,(H,16,17). The summed E-state index contributed by atoms with van der Waals surface area (Å²) in [5.74, 6) is -0.242. The van der Waals surface area contributed by atoms with Gasteiger partial charge in [-0.1, -0.05) is 0 Å². The van der Waals surface area contributed by atoms with E-state index in [0.717, 1.165) is 10.2 Å². The molecule has 0 unspecified atom stereocenters. The molecule has 4 nitrogen and oxygen atoms in total. The van der Waals surface area contributed by atoms with Crippen LogP contribution in [0.5, 0.6) is 0 Å². The van der Waals surface area contributed by atoms with Crippen LogP contribution in [-0.4, -0.2) is 15.9 Å². The molecule has 0 aliphatic rings. The Morgan fingerprint density at radius 1 is 1.29 bits per heavy atom. The van der Waals surface area contributed by atoms with Gasteiger partial charge in [-0.3, -0.25) is 9.78 Å². The van der Waals surface area contributed by atoms with Gasteiger partial charge in [0.1, 0.15) is 5.69 Å². The van der Waals surface area contributed by atoms with Crippen LogP contribution in [0.4, 0.5) is 5.69 Å². The lowest BCUT2D eigenvalue weighted by Gasteiger charge is -2.06. The molecule has 17 heavy (non-hydrogen) atoms. The van der Waals surface area contributed by atoms with Crippen LogP contribution in [0.15, 0.2) is 41.1 Å². The van der Waals surface area contributed by atoms with Crippen molar-refractivity contribution in [1.29, 1.82) is 0 Å². The first-order valence-corrected chi connectivity index (χ1v) is 5.80. The van der Waals surface area contributed by atoms with Crippen molar-refractivity contribution in [2.75, 3.05) is 5.32 Å². The van der Waals surface area contributed by atoms with E-state index in [9.17, 15) is 4.79 Å². The number of rotatable bonds is 2. The topological polar surface area (TPSA) is 54.9 Å². The van der Waals surface area contributed by atoms with E-state index in [2.05, 4.69) is 31.2 Å². The Hall–Kier alpha value is -1.75. The fraction of sp³-hybridized carbons (Fsp3) is 0.0833. The van der Waals surface area contributed by atoms with E-state index < -0.39 is 0 Å². The molecule has 5 heteroatoms. The smallest absolute Gasteiger partial charge is 0.274 e. The van der Waals surface area contributed by atoms with Crippen molar-refractivity contribution in [3.63, 3.8) is 0 Å². The summed E-state index contributed by atoms with van der Waals surface area (Å²) in [5, 5.41) is 2.77. The van der Waals surface area contributed by atoms with E-state index in [1.807, 2.05) is 6.92 Å². The molecule has 2 aromatic heterocycles. The number of hydrogen-bond acceptors (Lipinski definition) is 3. The molecule has 0 fully saturated rings. The molecule has 2 heterocycles.